The highest BCUT2D eigenvalue weighted by Crippen LogP contribution is 2.53. The zero-order valence-electron chi connectivity index (χ0n) is 15.5. The molecule has 0 saturated heterocycles. The van der Waals surface area contributed by atoms with Crippen molar-refractivity contribution in [3.63, 3.8) is 0 Å². The van der Waals surface area contributed by atoms with Crippen LogP contribution in [0.1, 0.15) is 48.9 Å². The van der Waals surface area contributed by atoms with Crippen LogP contribution in [0.3, 0.4) is 0 Å². The lowest BCUT2D eigenvalue weighted by atomic mass is 9.98. The highest BCUT2D eigenvalue weighted by molar-refractivity contribution is 5.90. The number of carboxylic acids is 1. The molecule has 140 valence electrons. The maximum Gasteiger partial charge on any atom is 0.307 e. The molecule has 1 N–H and O–H groups in total. The van der Waals surface area contributed by atoms with Crippen LogP contribution in [0.15, 0.2) is 36.4 Å². The number of rotatable bonds is 4. The standard InChI is InChI=1S/C22H21F2NO2/c1-11(2)21-20(15-10-16(15)22(26)27)17-9-13(23)4-7-19(17)25(21)14-5-6-18(24)12(3)8-14/h4-9,11,15-16H,10H2,1-3H3,(H,26,27)/t15-,16-/m0/s1. The number of carbonyl (C=O) groups is 1. The zero-order chi connectivity index (χ0) is 19.5. The van der Waals surface area contributed by atoms with E-state index in [9.17, 15) is 18.7 Å². The fourth-order valence-electron chi connectivity index (χ4n) is 4.10. The van der Waals surface area contributed by atoms with Gasteiger partial charge >= 0.3 is 5.97 Å². The summed E-state index contributed by atoms with van der Waals surface area (Å²) in [6.07, 6.45) is 0.563. The Morgan fingerprint density at radius 3 is 2.52 bits per heavy atom. The Labute approximate surface area is 156 Å². The molecule has 0 aliphatic heterocycles. The van der Waals surface area contributed by atoms with Gasteiger partial charge in [-0.1, -0.05) is 13.8 Å². The largest absolute Gasteiger partial charge is 0.481 e. The summed E-state index contributed by atoms with van der Waals surface area (Å²) in [5, 5.41) is 10.2. The molecule has 1 heterocycles. The third-order valence-corrected chi connectivity index (χ3v) is 5.43. The van der Waals surface area contributed by atoms with Crippen molar-refractivity contribution in [2.24, 2.45) is 5.92 Å². The first-order chi connectivity index (χ1) is 12.8. The maximum absolute atomic E-state index is 14.0. The number of nitrogens with zero attached hydrogens (tertiary/aromatic N) is 1. The number of hydrogen-bond acceptors (Lipinski definition) is 1. The second kappa shape index (κ2) is 6.19. The van der Waals surface area contributed by atoms with Crippen molar-refractivity contribution in [3.8, 4) is 5.69 Å². The van der Waals surface area contributed by atoms with Gasteiger partial charge in [-0.25, -0.2) is 8.78 Å². The molecule has 2 aromatic carbocycles. The van der Waals surface area contributed by atoms with Crippen LogP contribution in [-0.2, 0) is 4.79 Å². The van der Waals surface area contributed by atoms with Gasteiger partial charge in [0.2, 0.25) is 0 Å². The van der Waals surface area contributed by atoms with E-state index in [1.54, 1.807) is 25.1 Å². The summed E-state index contributed by atoms with van der Waals surface area (Å²) in [7, 11) is 0. The van der Waals surface area contributed by atoms with Crippen molar-refractivity contribution in [1.82, 2.24) is 4.57 Å². The van der Waals surface area contributed by atoms with Crippen LogP contribution in [0.25, 0.3) is 16.6 Å². The Kier molecular flexibility index (Phi) is 4.06. The quantitative estimate of drug-likeness (QED) is 0.657. The van der Waals surface area contributed by atoms with Crippen LogP contribution < -0.4 is 0 Å². The molecule has 1 saturated carbocycles. The summed E-state index contributed by atoms with van der Waals surface area (Å²) in [5.41, 5.74) is 4.02. The molecule has 0 amide bonds. The summed E-state index contributed by atoms with van der Waals surface area (Å²) in [6, 6.07) is 9.53. The molecule has 0 spiro atoms. The Bertz CT molecular complexity index is 1070. The minimum absolute atomic E-state index is 0.0934. The van der Waals surface area contributed by atoms with E-state index >= 15 is 0 Å². The van der Waals surface area contributed by atoms with Crippen LogP contribution in [0.2, 0.25) is 0 Å². The van der Waals surface area contributed by atoms with Crippen LogP contribution in [-0.4, -0.2) is 15.6 Å². The molecule has 2 atom stereocenters. The predicted octanol–water partition coefficient (Wildman–Crippen LogP) is 5.53. The second-order valence-corrected chi connectivity index (χ2v) is 7.67. The summed E-state index contributed by atoms with van der Waals surface area (Å²) in [5.74, 6) is -1.90. The molecule has 0 radical (unpaired) electrons. The molecule has 0 bridgehead atoms. The fourth-order valence-corrected chi connectivity index (χ4v) is 4.10. The Morgan fingerprint density at radius 2 is 1.93 bits per heavy atom. The van der Waals surface area contributed by atoms with Gasteiger partial charge in [-0.2, -0.15) is 0 Å². The van der Waals surface area contributed by atoms with E-state index in [1.807, 2.05) is 18.4 Å². The molecule has 1 fully saturated rings. The Hall–Kier alpha value is -2.69. The van der Waals surface area contributed by atoms with Crippen molar-refractivity contribution in [2.75, 3.05) is 0 Å². The third-order valence-electron chi connectivity index (χ3n) is 5.43. The summed E-state index contributed by atoms with van der Waals surface area (Å²) in [6.45, 7) is 5.79. The number of carboxylic acid groups (broad SMARTS) is 1. The fraction of sp³-hybridized carbons (Fsp3) is 0.318. The van der Waals surface area contributed by atoms with Gasteiger partial charge in [-0.05, 0) is 66.8 Å². The number of hydrogen-bond donors (Lipinski definition) is 1. The first kappa shape index (κ1) is 17.7. The average Bonchev–Trinajstić information content (AvgIpc) is 3.32. The average molecular weight is 369 g/mol. The Balaban J connectivity index is 2.05. The lowest BCUT2D eigenvalue weighted by molar-refractivity contribution is -0.138. The topological polar surface area (TPSA) is 42.2 Å². The van der Waals surface area contributed by atoms with E-state index in [2.05, 4.69) is 0 Å². The molecule has 27 heavy (non-hydrogen) atoms. The number of benzene rings is 2. The van der Waals surface area contributed by atoms with E-state index in [0.29, 0.717) is 12.0 Å². The lowest BCUT2D eigenvalue weighted by Crippen LogP contribution is -2.06. The van der Waals surface area contributed by atoms with Gasteiger partial charge in [-0.15, -0.1) is 0 Å². The van der Waals surface area contributed by atoms with Gasteiger partial charge in [0.05, 0.1) is 11.4 Å². The van der Waals surface area contributed by atoms with Crippen molar-refractivity contribution in [1.29, 1.82) is 0 Å². The van der Waals surface area contributed by atoms with E-state index in [0.717, 1.165) is 27.8 Å². The van der Waals surface area contributed by atoms with Crippen LogP contribution >= 0.6 is 0 Å². The van der Waals surface area contributed by atoms with E-state index in [4.69, 9.17) is 0 Å². The first-order valence-electron chi connectivity index (χ1n) is 9.12. The SMILES string of the molecule is Cc1cc(-n2c(C(C)C)c([C@H]3C[C@@H]3C(=O)O)c3cc(F)ccc32)ccc1F. The summed E-state index contributed by atoms with van der Waals surface area (Å²) in [4.78, 5) is 11.5. The smallest absolute Gasteiger partial charge is 0.307 e. The molecule has 3 nitrogen and oxygen atoms in total. The van der Waals surface area contributed by atoms with Gasteiger partial charge in [0.1, 0.15) is 11.6 Å². The first-order valence-corrected chi connectivity index (χ1v) is 9.12. The zero-order valence-corrected chi connectivity index (χ0v) is 15.5. The number of halogens is 2. The highest BCUT2D eigenvalue weighted by atomic mass is 19.1. The minimum Gasteiger partial charge on any atom is -0.481 e. The van der Waals surface area contributed by atoms with Gasteiger partial charge < -0.3 is 9.67 Å². The van der Waals surface area contributed by atoms with Gasteiger partial charge in [-0.3, -0.25) is 4.79 Å². The maximum atomic E-state index is 14.0. The molecule has 0 unspecified atom stereocenters. The lowest BCUT2D eigenvalue weighted by Gasteiger charge is -2.16. The third kappa shape index (κ3) is 2.82. The molecular formula is C22H21F2NO2. The molecule has 5 heteroatoms. The van der Waals surface area contributed by atoms with Crippen molar-refractivity contribution >= 4 is 16.9 Å². The van der Waals surface area contributed by atoms with Crippen LogP contribution in [0.4, 0.5) is 8.78 Å². The molecule has 3 aromatic rings. The molecular weight excluding hydrogens is 348 g/mol. The van der Waals surface area contributed by atoms with Gasteiger partial charge in [0, 0.05) is 22.7 Å². The summed E-state index contributed by atoms with van der Waals surface area (Å²) < 4.78 is 29.9. The van der Waals surface area contributed by atoms with Crippen molar-refractivity contribution in [3.05, 3.63) is 64.9 Å². The predicted molar refractivity (Wildman–Crippen MR) is 101 cm³/mol. The normalized spacial score (nSPS) is 19.0. The minimum atomic E-state index is -0.815. The van der Waals surface area contributed by atoms with E-state index in [1.165, 1.54) is 18.2 Å². The van der Waals surface area contributed by atoms with Crippen molar-refractivity contribution < 1.29 is 18.7 Å². The van der Waals surface area contributed by atoms with E-state index < -0.39 is 11.9 Å². The molecule has 1 aliphatic carbocycles. The highest BCUT2D eigenvalue weighted by Gasteiger charge is 2.47. The van der Waals surface area contributed by atoms with Crippen molar-refractivity contribution in [2.45, 2.75) is 39.0 Å². The second-order valence-electron chi connectivity index (χ2n) is 7.67. The number of aryl methyl sites for hydroxylation is 1. The monoisotopic (exact) mass is 369 g/mol. The number of aliphatic carboxylic acids is 1. The molecule has 4 rings (SSSR count). The molecule has 1 aromatic heterocycles. The van der Waals surface area contributed by atoms with Gasteiger partial charge in [0.25, 0.3) is 0 Å². The van der Waals surface area contributed by atoms with Crippen LogP contribution in [0.5, 0.6) is 0 Å². The Morgan fingerprint density at radius 1 is 1.19 bits per heavy atom. The number of fused-ring (bicyclic) bond motifs is 1. The molecule has 1 aliphatic rings. The van der Waals surface area contributed by atoms with Crippen LogP contribution in [0, 0.1) is 24.5 Å². The van der Waals surface area contributed by atoms with E-state index in [-0.39, 0.29) is 23.5 Å². The van der Waals surface area contributed by atoms with Gasteiger partial charge in [0.15, 0.2) is 0 Å². The number of aromatic nitrogens is 1. The summed E-state index contributed by atoms with van der Waals surface area (Å²) >= 11 is 0.